The van der Waals surface area contributed by atoms with E-state index < -0.39 is 17.2 Å². The third kappa shape index (κ3) is 2.92. The molecule has 1 fully saturated rings. The summed E-state index contributed by atoms with van der Waals surface area (Å²) in [5, 5.41) is 3.23. The zero-order chi connectivity index (χ0) is 20.0. The van der Waals surface area contributed by atoms with E-state index in [0.717, 1.165) is 5.56 Å². The molecule has 1 unspecified atom stereocenters. The number of quaternary nitrogens is 1. The Balaban J connectivity index is 2.34. The average Bonchev–Trinajstić information content (AvgIpc) is 2.52. The molecule has 1 aliphatic heterocycles. The van der Waals surface area contributed by atoms with Crippen LogP contribution in [0.1, 0.15) is 47.1 Å². The maximum atomic E-state index is 13.3. The van der Waals surface area contributed by atoms with Crippen LogP contribution in [0.15, 0.2) is 30.3 Å². The van der Waals surface area contributed by atoms with Gasteiger partial charge in [-0.15, -0.1) is 0 Å². The van der Waals surface area contributed by atoms with Gasteiger partial charge in [0.05, 0.1) is 10.5 Å². The Morgan fingerprint density at radius 3 is 2.27 bits per heavy atom. The van der Waals surface area contributed by atoms with E-state index in [0.29, 0.717) is 21.8 Å². The smallest absolute Gasteiger partial charge is 0.335 e. The van der Waals surface area contributed by atoms with Gasteiger partial charge in [0, 0.05) is 20.3 Å². The van der Waals surface area contributed by atoms with Crippen molar-refractivity contribution in [3.8, 4) is 0 Å². The normalized spacial score (nSPS) is 31.2. The number of thiocarbonyl (C=S) groups is 1. The van der Waals surface area contributed by atoms with Crippen molar-refractivity contribution in [2.24, 2.45) is 0 Å². The summed E-state index contributed by atoms with van der Waals surface area (Å²) in [5.41, 5.74) is -1.38. The molecule has 1 N–H and O–H groups in total. The van der Waals surface area contributed by atoms with E-state index in [2.05, 4.69) is 5.32 Å². The first-order valence-electron chi connectivity index (χ1n) is 8.76. The van der Waals surface area contributed by atoms with Crippen LogP contribution in [0.3, 0.4) is 0 Å². The molecule has 142 valence electrons. The van der Waals surface area contributed by atoms with E-state index in [1.165, 1.54) is 6.92 Å². The Morgan fingerprint density at radius 1 is 1.27 bits per heavy atom. The number of esters is 1. The predicted molar refractivity (Wildman–Crippen MR) is 109 cm³/mol. The first kappa shape index (κ1) is 20.7. The summed E-state index contributed by atoms with van der Waals surface area (Å²) in [4.78, 5) is 25.7. The molecule has 0 aromatic heterocycles. The third-order valence-electron chi connectivity index (χ3n) is 5.90. The van der Waals surface area contributed by atoms with Crippen molar-refractivity contribution in [1.82, 2.24) is 5.32 Å². The minimum atomic E-state index is -1.06. The van der Waals surface area contributed by atoms with Crippen molar-refractivity contribution in [1.29, 1.82) is 0 Å². The van der Waals surface area contributed by atoms with Crippen molar-refractivity contribution in [3.05, 3.63) is 35.9 Å². The number of carbonyl (C=O) groups is 2. The minimum absolute atomic E-state index is 0.0100. The highest BCUT2D eigenvalue weighted by Gasteiger charge is 2.82. The second kappa shape index (κ2) is 6.55. The number of β-lactam (4-membered cyclic amide) rings is 1. The molecule has 1 aromatic rings. The highest BCUT2D eigenvalue weighted by Crippen LogP contribution is 2.52. The van der Waals surface area contributed by atoms with Gasteiger partial charge in [0.15, 0.2) is 0 Å². The van der Waals surface area contributed by atoms with Crippen LogP contribution < -0.4 is 5.32 Å². The molecule has 3 atom stereocenters. The molecule has 1 amide bonds. The Kier molecular flexibility index (Phi) is 5.22. The van der Waals surface area contributed by atoms with Gasteiger partial charge < -0.3 is 10.1 Å². The summed E-state index contributed by atoms with van der Waals surface area (Å²) in [6.07, 6.45) is 0.534. The minimum Gasteiger partial charge on any atom is -0.408 e. The predicted octanol–water partition coefficient (Wildman–Crippen LogP) is 1.62. The fourth-order valence-electron chi connectivity index (χ4n) is 3.93. The summed E-state index contributed by atoms with van der Waals surface area (Å²) in [7, 11) is 0.518. The van der Waals surface area contributed by atoms with Crippen LogP contribution in [0.5, 0.6) is 0 Å². The number of rotatable bonds is 4. The first-order valence-corrected chi connectivity index (χ1v) is 10.1. The number of likely N-dealkylation sites (tertiary alicyclic amines) is 1. The molecule has 7 heteroatoms. The van der Waals surface area contributed by atoms with Crippen molar-refractivity contribution < 1.29 is 18.5 Å². The van der Waals surface area contributed by atoms with Gasteiger partial charge in [0.1, 0.15) is 0 Å². The summed E-state index contributed by atoms with van der Waals surface area (Å²) in [6.45, 7) is 11.0. The molecule has 0 spiro atoms. The van der Waals surface area contributed by atoms with Crippen molar-refractivity contribution in [3.63, 3.8) is 0 Å². The summed E-state index contributed by atoms with van der Waals surface area (Å²) < 4.78 is 5.90. The average molecular weight is 394 g/mol. The van der Waals surface area contributed by atoms with Gasteiger partial charge in [-0.3, -0.25) is 8.94 Å². The summed E-state index contributed by atoms with van der Waals surface area (Å²) in [6, 6.07) is 9.84. The van der Waals surface area contributed by atoms with Crippen LogP contribution in [-0.4, -0.2) is 48.2 Å². The van der Waals surface area contributed by atoms with E-state index in [9.17, 15) is 9.59 Å². The molecule has 5 nitrogen and oxygen atoms in total. The van der Waals surface area contributed by atoms with E-state index in [1.807, 2.05) is 58.0 Å². The number of benzene rings is 1. The lowest BCUT2D eigenvalue weighted by molar-refractivity contribution is -0.913. The van der Waals surface area contributed by atoms with Gasteiger partial charge in [0.25, 0.3) is 16.1 Å². The number of hydrogen-bond donors (Lipinski definition) is 1. The van der Waals surface area contributed by atoms with E-state index in [1.54, 1.807) is 6.92 Å². The van der Waals surface area contributed by atoms with Crippen LogP contribution in [0, 0.1) is 0 Å². The Hall–Kier alpha value is -1.57. The topological polar surface area (TPSA) is 55.4 Å². The highest BCUT2D eigenvalue weighted by molar-refractivity contribution is 7.80. The fraction of sp³-hybridized carbons (Fsp3) is 0.526. The van der Waals surface area contributed by atoms with Gasteiger partial charge in [-0.2, -0.15) is 0 Å². The van der Waals surface area contributed by atoms with E-state index in [-0.39, 0.29) is 15.6 Å². The molecular weight excluding hydrogens is 364 g/mol. The molecule has 0 bridgehead atoms. The van der Waals surface area contributed by atoms with Crippen LogP contribution in [-0.2, 0) is 20.7 Å². The van der Waals surface area contributed by atoms with Gasteiger partial charge in [-0.25, -0.2) is 4.79 Å². The maximum absolute atomic E-state index is 13.3. The van der Waals surface area contributed by atoms with Gasteiger partial charge >= 0.3 is 11.9 Å². The zero-order valence-corrected chi connectivity index (χ0v) is 19.5. The Morgan fingerprint density at radius 2 is 1.81 bits per heavy atom. The van der Waals surface area contributed by atoms with Crippen LogP contribution in [0.4, 0.5) is 0 Å². The molecule has 1 saturated heterocycles. The lowest BCUT2D eigenvalue weighted by atomic mass is 9.73. The van der Waals surface area contributed by atoms with E-state index in [4.69, 9.17) is 17.0 Å². The molecule has 0 saturated carbocycles. The number of amides is 1. The van der Waals surface area contributed by atoms with Crippen LogP contribution in [0.25, 0.3) is 0 Å². The molecule has 0 aliphatic carbocycles. The number of nitrogens with zero attached hydrogens (tertiary/aromatic N) is 1. The van der Waals surface area contributed by atoms with Crippen molar-refractivity contribution >= 4 is 39.5 Å². The lowest BCUT2D eigenvalue weighted by Gasteiger charge is -2.68. The standard InChI is InChI=1S/C19H28N2O3SSi/c1-13(22)24-19(6)18(5,16(23)21(19,26)17(2,3)4)20-15(25)12-14-10-8-7-9-11-14/h7-11H,12H2,1-6,26H3/p+1/t18-,19+,21?/m1/s1. The molecular formula is C19H29N2O3SSi+. The largest absolute Gasteiger partial charge is 0.408 e. The summed E-state index contributed by atoms with van der Waals surface area (Å²) in [5.74, 6) is -0.388. The Bertz CT molecular complexity index is 749. The van der Waals surface area contributed by atoms with Crippen LogP contribution in [0.2, 0.25) is 0 Å². The third-order valence-corrected chi connectivity index (χ3v) is 8.74. The van der Waals surface area contributed by atoms with E-state index >= 15 is 0 Å². The molecule has 0 radical (unpaired) electrons. The number of carbonyl (C=O) groups excluding carboxylic acids is 2. The number of ether oxygens (including phenoxy) is 1. The van der Waals surface area contributed by atoms with Crippen molar-refractivity contribution in [2.45, 2.75) is 64.8 Å². The number of hydrogen-bond acceptors (Lipinski definition) is 4. The highest BCUT2D eigenvalue weighted by atomic mass is 32.1. The molecule has 1 aromatic carbocycles. The maximum Gasteiger partial charge on any atom is 0.335 e. The molecule has 26 heavy (non-hydrogen) atoms. The van der Waals surface area contributed by atoms with Crippen molar-refractivity contribution in [2.75, 3.05) is 0 Å². The lowest BCUT2D eigenvalue weighted by Crippen LogP contribution is -2.97. The fourth-order valence-corrected chi connectivity index (χ4v) is 5.28. The first-order chi connectivity index (χ1) is 11.8. The molecule has 1 heterocycles. The van der Waals surface area contributed by atoms with Gasteiger partial charge in [0.2, 0.25) is 5.54 Å². The van der Waals surface area contributed by atoms with Gasteiger partial charge in [-0.1, -0.05) is 42.5 Å². The monoisotopic (exact) mass is 393 g/mol. The number of nitrogens with one attached hydrogen (secondary N) is 1. The molecule has 2 rings (SSSR count). The second-order valence-electron chi connectivity index (χ2n) is 8.39. The van der Waals surface area contributed by atoms with Crippen LogP contribution >= 0.6 is 12.2 Å². The second-order valence-corrected chi connectivity index (χ2v) is 10.2. The molecule has 1 aliphatic rings. The van der Waals surface area contributed by atoms with Gasteiger partial charge in [-0.05, 0) is 33.3 Å². The summed E-state index contributed by atoms with van der Waals surface area (Å²) >= 11 is 5.52. The Labute approximate surface area is 164 Å². The zero-order valence-electron chi connectivity index (χ0n) is 16.7. The SMILES string of the molecule is CC(=O)O[C@@]1(C)[C@](C)(NC(=S)Cc2ccccc2)C(=O)[N+]1([SiH3])C(C)(C)C. The quantitative estimate of drug-likeness (QED) is 0.365.